The maximum absolute atomic E-state index is 10.7. The highest BCUT2D eigenvalue weighted by atomic mass is 16.5. The molecule has 76 valence electrons. The molecule has 0 saturated carbocycles. The SMILES string of the molecule is COc1c(C(=O)O)cn(N)c1C(=O)O. The number of nitrogens with two attached hydrogens (primary N) is 1. The molecule has 0 radical (unpaired) electrons. The molecule has 0 bridgehead atoms. The van der Waals surface area contributed by atoms with Crippen molar-refractivity contribution >= 4 is 11.9 Å². The standard InChI is InChI=1S/C7H8N2O5/c1-14-5-3(6(10)11)2-9(8)4(5)7(12)13/h2H,8H2,1H3,(H,10,11)(H,12,13). The third-order valence-corrected chi connectivity index (χ3v) is 1.62. The molecule has 0 amide bonds. The zero-order valence-electron chi connectivity index (χ0n) is 7.22. The van der Waals surface area contributed by atoms with Crippen molar-refractivity contribution < 1.29 is 24.5 Å². The fourth-order valence-electron chi connectivity index (χ4n) is 1.07. The molecule has 1 heterocycles. The summed E-state index contributed by atoms with van der Waals surface area (Å²) >= 11 is 0. The number of carbonyl (C=O) groups is 2. The van der Waals surface area contributed by atoms with Crippen molar-refractivity contribution in [3.63, 3.8) is 0 Å². The highest BCUT2D eigenvalue weighted by Gasteiger charge is 2.24. The number of nitrogens with zero attached hydrogens (tertiary/aromatic N) is 1. The fraction of sp³-hybridized carbons (Fsp3) is 0.143. The number of carboxylic acid groups (broad SMARTS) is 2. The van der Waals surface area contributed by atoms with Crippen molar-refractivity contribution in [2.45, 2.75) is 0 Å². The van der Waals surface area contributed by atoms with Gasteiger partial charge in [0.05, 0.1) is 7.11 Å². The number of nitrogen functional groups attached to an aromatic ring is 1. The molecule has 0 aliphatic rings. The first kappa shape index (κ1) is 9.90. The van der Waals surface area contributed by atoms with Crippen LogP contribution >= 0.6 is 0 Å². The number of aromatic nitrogens is 1. The Kier molecular flexibility index (Phi) is 2.32. The zero-order chi connectivity index (χ0) is 10.9. The summed E-state index contributed by atoms with van der Waals surface area (Å²) in [7, 11) is 1.17. The van der Waals surface area contributed by atoms with E-state index in [1.54, 1.807) is 0 Å². The van der Waals surface area contributed by atoms with Crippen LogP contribution in [0, 0.1) is 0 Å². The van der Waals surface area contributed by atoms with Gasteiger partial charge in [-0.1, -0.05) is 0 Å². The van der Waals surface area contributed by atoms with Gasteiger partial charge in [0.2, 0.25) is 0 Å². The van der Waals surface area contributed by atoms with Gasteiger partial charge in [-0.25, -0.2) is 9.59 Å². The minimum Gasteiger partial charge on any atom is -0.493 e. The van der Waals surface area contributed by atoms with Gasteiger partial charge in [0.1, 0.15) is 5.56 Å². The Morgan fingerprint density at radius 1 is 1.43 bits per heavy atom. The van der Waals surface area contributed by atoms with Gasteiger partial charge < -0.3 is 20.8 Å². The molecular weight excluding hydrogens is 192 g/mol. The molecule has 0 aromatic carbocycles. The van der Waals surface area contributed by atoms with Crippen LogP contribution in [0.3, 0.4) is 0 Å². The smallest absolute Gasteiger partial charge is 0.358 e. The minimum atomic E-state index is -1.35. The number of aromatic carboxylic acids is 2. The summed E-state index contributed by atoms with van der Waals surface area (Å²) in [5.74, 6) is 2.34. The van der Waals surface area contributed by atoms with E-state index in [0.717, 1.165) is 6.20 Å². The first-order chi connectivity index (χ1) is 6.49. The average molecular weight is 200 g/mol. The second-order valence-corrected chi connectivity index (χ2v) is 2.44. The molecule has 0 aliphatic carbocycles. The summed E-state index contributed by atoms with van der Waals surface area (Å²) in [6.07, 6.45) is 0.977. The number of ether oxygens (including phenoxy) is 1. The van der Waals surface area contributed by atoms with Crippen molar-refractivity contribution in [3.8, 4) is 5.75 Å². The molecule has 1 rings (SSSR count). The highest BCUT2D eigenvalue weighted by molar-refractivity contribution is 5.98. The van der Waals surface area contributed by atoms with E-state index >= 15 is 0 Å². The summed E-state index contributed by atoms with van der Waals surface area (Å²) in [4.78, 5) is 21.3. The molecule has 0 atom stereocenters. The van der Waals surface area contributed by atoms with Crippen molar-refractivity contribution in [3.05, 3.63) is 17.5 Å². The maximum Gasteiger partial charge on any atom is 0.358 e. The van der Waals surface area contributed by atoms with E-state index < -0.39 is 17.6 Å². The van der Waals surface area contributed by atoms with Crippen LogP contribution in [0.5, 0.6) is 5.75 Å². The lowest BCUT2D eigenvalue weighted by atomic mass is 10.3. The van der Waals surface area contributed by atoms with Crippen LogP contribution in [-0.4, -0.2) is 33.9 Å². The molecule has 0 unspecified atom stereocenters. The van der Waals surface area contributed by atoms with Crippen LogP contribution in [0.1, 0.15) is 20.8 Å². The molecule has 4 N–H and O–H groups in total. The lowest BCUT2D eigenvalue weighted by molar-refractivity contribution is 0.0683. The van der Waals surface area contributed by atoms with Gasteiger partial charge in [0.15, 0.2) is 11.4 Å². The van der Waals surface area contributed by atoms with Crippen molar-refractivity contribution in [2.24, 2.45) is 0 Å². The predicted octanol–water partition coefficient (Wildman–Crippen LogP) is -0.393. The minimum absolute atomic E-state index is 0.257. The van der Waals surface area contributed by atoms with Crippen LogP contribution < -0.4 is 10.6 Å². The van der Waals surface area contributed by atoms with Crippen LogP contribution in [0.15, 0.2) is 6.20 Å². The first-order valence-corrected chi connectivity index (χ1v) is 3.50. The number of hydrogen-bond acceptors (Lipinski definition) is 4. The average Bonchev–Trinajstić information content (AvgIpc) is 2.41. The number of carboxylic acids is 2. The number of rotatable bonds is 3. The number of hydrogen-bond donors (Lipinski definition) is 3. The summed E-state index contributed by atoms with van der Waals surface area (Å²) in [6, 6.07) is 0. The summed E-state index contributed by atoms with van der Waals surface area (Å²) < 4.78 is 5.36. The van der Waals surface area contributed by atoms with Gasteiger partial charge in [-0.3, -0.25) is 4.68 Å². The summed E-state index contributed by atoms with van der Waals surface area (Å²) in [5, 5.41) is 17.4. The Balaban J connectivity index is 3.43. The molecule has 14 heavy (non-hydrogen) atoms. The van der Waals surface area contributed by atoms with Gasteiger partial charge >= 0.3 is 11.9 Å². The van der Waals surface area contributed by atoms with E-state index in [2.05, 4.69) is 4.74 Å². The third kappa shape index (κ3) is 1.35. The van der Waals surface area contributed by atoms with E-state index in [4.69, 9.17) is 16.1 Å². The molecule has 7 nitrogen and oxygen atoms in total. The second-order valence-electron chi connectivity index (χ2n) is 2.44. The summed E-state index contributed by atoms with van der Waals surface area (Å²) in [6.45, 7) is 0. The fourth-order valence-corrected chi connectivity index (χ4v) is 1.07. The Hall–Kier alpha value is -2.18. The largest absolute Gasteiger partial charge is 0.493 e. The first-order valence-electron chi connectivity index (χ1n) is 3.50. The van der Waals surface area contributed by atoms with Gasteiger partial charge in [-0.05, 0) is 0 Å². The van der Waals surface area contributed by atoms with E-state index in [-0.39, 0.29) is 11.3 Å². The highest BCUT2D eigenvalue weighted by Crippen LogP contribution is 2.24. The third-order valence-electron chi connectivity index (χ3n) is 1.62. The monoisotopic (exact) mass is 200 g/mol. The molecule has 7 heteroatoms. The van der Waals surface area contributed by atoms with E-state index in [0.29, 0.717) is 4.68 Å². The topological polar surface area (TPSA) is 115 Å². The lowest BCUT2D eigenvalue weighted by Crippen LogP contribution is -2.15. The maximum atomic E-state index is 10.7. The van der Waals surface area contributed by atoms with Crippen molar-refractivity contribution in [1.29, 1.82) is 0 Å². The molecule has 1 aromatic rings. The van der Waals surface area contributed by atoms with Gasteiger partial charge in [0.25, 0.3) is 0 Å². The van der Waals surface area contributed by atoms with Gasteiger partial charge in [-0.15, -0.1) is 0 Å². The van der Waals surface area contributed by atoms with Crippen molar-refractivity contribution in [1.82, 2.24) is 4.68 Å². The molecular formula is C7H8N2O5. The molecule has 0 fully saturated rings. The molecule has 0 saturated heterocycles. The quantitative estimate of drug-likeness (QED) is 0.572. The van der Waals surface area contributed by atoms with Crippen LogP contribution in [0.2, 0.25) is 0 Å². The molecule has 0 spiro atoms. The normalized spacial score (nSPS) is 9.79. The van der Waals surface area contributed by atoms with Crippen LogP contribution in [0.4, 0.5) is 0 Å². The Morgan fingerprint density at radius 3 is 2.36 bits per heavy atom. The second kappa shape index (κ2) is 3.29. The van der Waals surface area contributed by atoms with Crippen LogP contribution in [-0.2, 0) is 0 Å². The van der Waals surface area contributed by atoms with Gasteiger partial charge in [-0.2, -0.15) is 0 Å². The van der Waals surface area contributed by atoms with Crippen molar-refractivity contribution in [2.75, 3.05) is 13.0 Å². The lowest BCUT2D eigenvalue weighted by Gasteiger charge is -2.00. The van der Waals surface area contributed by atoms with Gasteiger partial charge in [0, 0.05) is 6.20 Å². The summed E-state index contributed by atoms with van der Waals surface area (Å²) in [5.41, 5.74) is -0.683. The number of methoxy groups -OCH3 is 1. The zero-order valence-corrected chi connectivity index (χ0v) is 7.22. The van der Waals surface area contributed by atoms with E-state index in [9.17, 15) is 9.59 Å². The molecule has 0 aliphatic heterocycles. The Morgan fingerprint density at radius 2 is 2.00 bits per heavy atom. The van der Waals surface area contributed by atoms with E-state index in [1.807, 2.05) is 0 Å². The Labute approximate surface area is 78.3 Å². The predicted molar refractivity (Wildman–Crippen MR) is 45.1 cm³/mol. The Bertz CT molecular complexity index is 395. The molecule has 1 aromatic heterocycles. The van der Waals surface area contributed by atoms with Crippen LogP contribution in [0.25, 0.3) is 0 Å². The van der Waals surface area contributed by atoms with E-state index in [1.165, 1.54) is 7.11 Å².